The lowest BCUT2D eigenvalue weighted by atomic mass is 9.93. The molecule has 26 heavy (non-hydrogen) atoms. The standard InChI is InChI=1S/C20H30N4O2/c25-18(10-9-14-7-8-14)24-11-3-6-16(13-24)19-17(12-21-23-19)22-20(26)15-4-1-2-5-15/h12,14-16H,1-11,13H2,(H,21,23)(H,22,26)/t16-/m0/s1. The minimum atomic E-state index is 0.123. The molecule has 3 fully saturated rings. The van der Waals surface area contributed by atoms with Crippen LogP contribution in [-0.2, 0) is 9.59 Å². The number of nitrogens with one attached hydrogen (secondary N) is 2. The maximum Gasteiger partial charge on any atom is 0.227 e. The van der Waals surface area contributed by atoms with Gasteiger partial charge in [-0.3, -0.25) is 14.7 Å². The smallest absolute Gasteiger partial charge is 0.227 e. The van der Waals surface area contributed by atoms with Crippen LogP contribution in [0.3, 0.4) is 0 Å². The third-order valence-electron chi connectivity index (χ3n) is 6.30. The number of piperidine rings is 1. The van der Waals surface area contributed by atoms with E-state index in [1.54, 1.807) is 6.20 Å². The molecule has 6 heteroatoms. The molecule has 1 saturated heterocycles. The van der Waals surface area contributed by atoms with E-state index in [4.69, 9.17) is 0 Å². The van der Waals surface area contributed by atoms with Gasteiger partial charge in [0.15, 0.2) is 0 Å². The highest BCUT2D eigenvalue weighted by atomic mass is 16.2. The number of aromatic amines is 1. The van der Waals surface area contributed by atoms with Gasteiger partial charge in [-0.25, -0.2) is 0 Å². The Balaban J connectivity index is 1.36. The normalized spacial score (nSPS) is 24.0. The van der Waals surface area contributed by atoms with Crippen LogP contribution in [-0.4, -0.2) is 40.0 Å². The highest BCUT2D eigenvalue weighted by Crippen LogP contribution is 2.35. The van der Waals surface area contributed by atoms with Crippen molar-refractivity contribution in [3.8, 4) is 0 Å². The van der Waals surface area contributed by atoms with Crippen molar-refractivity contribution >= 4 is 17.5 Å². The molecule has 0 radical (unpaired) electrons. The summed E-state index contributed by atoms with van der Waals surface area (Å²) in [6.45, 7) is 1.59. The van der Waals surface area contributed by atoms with Crippen LogP contribution in [0.2, 0.25) is 0 Å². The summed E-state index contributed by atoms with van der Waals surface area (Å²) >= 11 is 0. The van der Waals surface area contributed by atoms with E-state index in [1.165, 1.54) is 12.8 Å². The summed E-state index contributed by atoms with van der Waals surface area (Å²) in [6.07, 6.45) is 12.4. The molecular formula is C20H30N4O2. The molecule has 1 aromatic heterocycles. The molecule has 6 nitrogen and oxygen atoms in total. The number of aromatic nitrogens is 2. The molecule has 3 aliphatic rings. The Hall–Kier alpha value is -1.85. The lowest BCUT2D eigenvalue weighted by Gasteiger charge is -2.33. The number of rotatable bonds is 6. The van der Waals surface area contributed by atoms with E-state index in [2.05, 4.69) is 15.5 Å². The number of hydrogen-bond acceptors (Lipinski definition) is 3. The van der Waals surface area contributed by atoms with Crippen LogP contribution in [0.15, 0.2) is 6.20 Å². The fourth-order valence-corrected chi connectivity index (χ4v) is 4.46. The molecule has 2 N–H and O–H groups in total. The van der Waals surface area contributed by atoms with Gasteiger partial charge >= 0.3 is 0 Å². The summed E-state index contributed by atoms with van der Waals surface area (Å²) in [7, 11) is 0. The Kier molecular flexibility index (Phi) is 5.27. The van der Waals surface area contributed by atoms with Crippen molar-refractivity contribution in [3.05, 3.63) is 11.9 Å². The summed E-state index contributed by atoms with van der Waals surface area (Å²) in [5, 5.41) is 10.3. The van der Waals surface area contributed by atoms with Crippen LogP contribution < -0.4 is 5.32 Å². The van der Waals surface area contributed by atoms with E-state index in [0.29, 0.717) is 6.42 Å². The van der Waals surface area contributed by atoms with Crippen molar-refractivity contribution < 1.29 is 9.59 Å². The van der Waals surface area contributed by atoms with Gasteiger partial charge in [-0.15, -0.1) is 0 Å². The summed E-state index contributed by atoms with van der Waals surface area (Å²) in [5.74, 6) is 1.58. The summed E-state index contributed by atoms with van der Waals surface area (Å²) in [6, 6.07) is 0. The highest BCUT2D eigenvalue weighted by molar-refractivity contribution is 5.93. The Morgan fingerprint density at radius 3 is 2.73 bits per heavy atom. The molecule has 1 aromatic rings. The number of likely N-dealkylation sites (tertiary alicyclic amines) is 1. The van der Waals surface area contributed by atoms with Gasteiger partial charge in [-0.1, -0.05) is 25.7 Å². The molecule has 0 bridgehead atoms. The SMILES string of the molecule is O=C(Nc1cn[nH]c1[C@H]1CCCN(C(=O)CCC2CC2)C1)C1CCCC1. The van der Waals surface area contributed by atoms with Gasteiger partial charge in [-0.2, -0.15) is 5.10 Å². The lowest BCUT2D eigenvalue weighted by Crippen LogP contribution is -2.39. The maximum absolute atomic E-state index is 12.5. The fourth-order valence-electron chi connectivity index (χ4n) is 4.46. The molecule has 2 aliphatic carbocycles. The Morgan fingerprint density at radius 2 is 1.96 bits per heavy atom. The molecule has 1 atom stereocenters. The average Bonchev–Trinajstić information content (AvgIpc) is 3.12. The minimum Gasteiger partial charge on any atom is -0.342 e. The summed E-state index contributed by atoms with van der Waals surface area (Å²) < 4.78 is 0. The van der Waals surface area contributed by atoms with Gasteiger partial charge in [0, 0.05) is 31.3 Å². The maximum atomic E-state index is 12.5. The second-order valence-electron chi connectivity index (χ2n) is 8.33. The van der Waals surface area contributed by atoms with Crippen molar-refractivity contribution in [1.29, 1.82) is 0 Å². The first-order valence-electron chi connectivity index (χ1n) is 10.3. The molecule has 0 aromatic carbocycles. The molecule has 0 spiro atoms. The largest absolute Gasteiger partial charge is 0.342 e. The Morgan fingerprint density at radius 1 is 1.15 bits per heavy atom. The van der Waals surface area contributed by atoms with E-state index in [-0.39, 0.29) is 23.7 Å². The average molecular weight is 358 g/mol. The van der Waals surface area contributed by atoms with Gasteiger partial charge in [0.2, 0.25) is 11.8 Å². The fraction of sp³-hybridized carbons (Fsp3) is 0.750. The molecule has 4 rings (SSSR count). The first-order valence-corrected chi connectivity index (χ1v) is 10.3. The topological polar surface area (TPSA) is 78.1 Å². The summed E-state index contributed by atoms with van der Waals surface area (Å²) in [4.78, 5) is 27.0. The van der Waals surface area contributed by atoms with Crippen LogP contribution in [0.25, 0.3) is 0 Å². The third kappa shape index (κ3) is 4.10. The van der Waals surface area contributed by atoms with Crippen LogP contribution in [0.1, 0.15) is 75.8 Å². The third-order valence-corrected chi connectivity index (χ3v) is 6.30. The zero-order valence-electron chi connectivity index (χ0n) is 15.5. The van der Waals surface area contributed by atoms with Crippen LogP contribution in [0.4, 0.5) is 5.69 Å². The van der Waals surface area contributed by atoms with Gasteiger partial charge < -0.3 is 10.2 Å². The summed E-state index contributed by atoms with van der Waals surface area (Å²) in [5.41, 5.74) is 1.79. The molecule has 2 amide bonds. The molecule has 2 heterocycles. The minimum absolute atomic E-state index is 0.123. The zero-order chi connectivity index (χ0) is 17.9. The number of nitrogens with zero attached hydrogens (tertiary/aromatic N) is 2. The van der Waals surface area contributed by atoms with E-state index < -0.39 is 0 Å². The first kappa shape index (κ1) is 17.6. The molecule has 1 aliphatic heterocycles. The van der Waals surface area contributed by atoms with Gasteiger partial charge in [0.05, 0.1) is 17.6 Å². The second-order valence-corrected chi connectivity index (χ2v) is 8.33. The predicted octanol–water partition coefficient (Wildman–Crippen LogP) is 3.43. The van der Waals surface area contributed by atoms with Crippen LogP contribution in [0.5, 0.6) is 0 Å². The van der Waals surface area contributed by atoms with Gasteiger partial charge in [0.25, 0.3) is 0 Å². The van der Waals surface area contributed by atoms with Crippen molar-refractivity contribution in [1.82, 2.24) is 15.1 Å². The molecule has 0 unspecified atom stereocenters. The molecule has 2 saturated carbocycles. The van der Waals surface area contributed by atoms with Crippen molar-refractivity contribution in [2.75, 3.05) is 18.4 Å². The number of anilines is 1. The van der Waals surface area contributed by atoms with Crippen molar-refractivity contribution in [2.45, 2.75) is 70.1 Å². The van der Waals surface area contributed by atoms with E-state index in [9.17, 15) is 9.59 Å². The monoisotopic (exact) mass is 358 g/mol. The van der Waals surface area contributed by atoms with Crippen LogP contribution >= 0.6 is 0 Å². The van der Waals surface area contributed by atoms with Gasteiger partial charge in [-0.05, 0) is 38.0 Å². The van der Waals surface area contributed by atoms with E-state index in [1.807, 2.05) is 4.90 Å². The molecular weight excluding hydrogens is 328 g/mol. The van der Waals surface area contributed by atoms with Crippen molar-refractivity contribution in [3.63, 3.8) is 0 Å². The van der Waals surface area contributed by atoms with E-state index in [0.717, 1.165) is 75.3 Å². The Labute approximate surface area is 155 Å². The second kappa shape index (κ2) is 7.80. The number of carbonyl (C=O) groups excluding carboxylic acids is 2. The number of hydrogen-bond donors (Lipinski definition) is 2. The quantitative estimate of drug-likeness (QED) is 0.818. The van der Waals surface area contributed by atoms with Gasteiger partial charge in [0.1, 0.15) is 0 Å². The first-order chi connectivity index (χ1) is 12.7. The number of carbonyl (C=O) groups is 2. The molecule has 142 valence electrons. The predicted molar refractivity (Wildman–Crippen MR) is 99.7 cm³/mol. The van der Waals surface area contributed by atoms with Crippen molar-refractivity contribution in [2.24, 2.45) is 11.8 Å². The Bertz CT molecular complexity index is 646. The van der Waals surface area contributed by atoms with E-state index >= 15 is 0 Å². The number of H-pyrrole nitrogens is 1. The number of amides is 2. The highest BCUT2D eigenvalue weighted by Gasteiger charge is 2.30. The van der Waals surface area contributed by atoms with Crippen LogP contribution in [0, 0.1) is 11.8 Å². The lowest BCUT2D eigenvalue weighted by molar-refractivity contribution is -0.132. The zero-order valence-corrected chi connectivity index (χ0v) is 15.5.